The lowest BCUT2D eigenvalue weighted by molar-refractivity contribution is -0.136. The Balaban J connectivity index is 2.87. The molecule has 1 aliphatic rings. The number of allylic oxidation sites excluding steroid dienone is 2. The zero-order valence-corrected chi connectivity index (χ0v) is 17.6. The number of alkyl halides is 1. The van der Waals surface area contributed by atoms with Crippen LogP contribution in [-0.2, 0) is 9.22 Å². The average molecular weight is 373 g/mol. The summed E-state index contributed by atoms with van der Waals surface area (Å²) < 4.78 is 6.87. The predicted molar refractivity (Wildman–Crippen MR) is 104 cm³/mol. The zero-order chi connectivity index (χ0) is 18.5. The Hall–Kier alpha value is -0.583. The third-order valence-corrected chi connectivity index (χ3v) is 11.6. The van der Waals surface area contributed by atoms with Crippen molar-refractivity contribution in [2.45, 2.75) is 88.9 Å². The number of aliphatic carboxylic acids is 1. The summed E-state index contributed by atoms with van der Waals surface area (Å²) in [5, 5.41) is 8.00. The summed E-state index contributed by atoms with van der Waals surface area (Å²) >= 11 is 5.77. The Morgan fingerprint density at radius 1 is 1.29 bits per heavy atom. The molecule has 1 aliphatic carbocycles. The molecule has 0 radical (unpaired) electrons. The second-order valence-corrected chi connectivity index (χ2v) is 13.6. The lowest BCUT2D eigenvalue weighted by atomic mass is 10.1. The topological polar surface area (TPSA) is 46.5 Å². The molecular formula is C19H33ClO3Si. The molecule has 0 fully saturated rings. The fraction of sp³-hybridized carbons (Fsp3) is 0.737. The molecule has 0 aliphatic heterocycles. The molecule has 0 aromatic rings. The van der Waals surface area contributed by atoms with Gasteiger partial charge in [0, 0.05) is 0 Å². The molecule has 0 amide bonds. The van der Waals surface area contributed by atoms with E-state index in [1.54, 1.807) is 0 Å². The smallest absolute Gasteiger partial charge is 0.321 e. The van der Waals surface area contributed by atoms with Crippen LogP contribution in [0.25, 0.3) is 0 Å². The van der Waals surface area contributed by atoms with E-state index < -0.39 is 19.7 Å². The first kappa shape index (κ1) is 21.5. The molecular weight excluding hydrogens is 340 g/mol. The molecule has 0 saturated carbocycles. The third kappa shape index (κ3) is 4.96. The molecule has 24 heavy (non-hydrogen) atoms. The van der Waals surface area contributed by atoms with Gasteiger partial charge in [-0.05, 0) is 41.5 Å². The number of carbonyl (C=O) groups is 1. The van der Waals surface area contributed by atoms with Gasteiger partial charge in [0.1, 0.15) is 5.38 Å². The minimum atomic E-state index is -1.91. The van der Waals surface area contributed by atoms with Crippen molar-refractivity contribution in [2.75, 3.05) is 0 Å². The summed E-state index contributed by atoms with van der Waals surface area (Å²) in [5.74, 6) is -0.972. The molecule has 5 heteroatoms. The molecule has 0 aromatic heterocycles. The van der Waals surface area contributed by atoms with Crippen molar-refractivity contribution in [1.29, 1.82) is 0 Å². The first-order valence-electron chi connectivity index (χ1n) is 9.04. The van der Waals surface area contributed by atoms with E-state index in [2.05, 4.69) is 47.6 Å². The number of hydrogen-bond acceptors (Lipinski definition) is 2. The molecule has 138 valence electrons. The minimum absolute atomic E-state index is 0.138. The van der Waals surface area contributed by atoms with E-state index in [0.29, 0.717) is 23.0 Å². The van der Waals surface area contributed by atoms with Gasteiger partial charge in [0.15, 0.2) is 0 Å². The Morgan fingerprint density at radius 3 is 2.29 bits per heavy atom. The molecule has 0 bridgehead atoms. The number of rotatable bonds is 9. The van der Waals surface area contributed by atoms with E-state index in [1.165, 1.54) is 5.57 Å². The second-order valence-electron chi connectivity index (χ2n) is 7.65. The number of halogens is 1. The quantitative estimate of drug-likeness (QED) is 0.404. The predicted octanol–water partition coefficient (Wildman–Crippen LogP) is 5.91. The van der Waals surface area contributed by atoms with E-state index >= 15 is 0 Å². The average Bonchev–Trinajstić information content (AvgIpc) is 2.90. The molecule has 0 saturated heterocycles. The maximum atomic E-state index is 10.8. The fourth-order valence-electron chi connectivity index (χ4n) is 4.08. The molecule has 1 N–H and O–H groups in total. The van der Waals surface area contributed by atoms with E-state index in [0.717, 1.165) is 12.8 Å². The number of carboxylic acids is 1. The lowest BCUT2D eigenvalue weighted by Crippen LogP contribution is -2.50. The first-order chi connectivity index (χ1) is 11.1. The highest BCUT2D eigenvalue weighted by Gasteiger charge is 2.47. The Labute approximate surface area is 153 Å². The van der Waals surface area contributed by atoms with Gasteiger partial charge in [-0.25, -0.2) is 0 Å². The van der Waals surface area contributed by atoms with Crippen molar-refractivity contribution < 1.29 is 14.3 Å². The summed E-state index contributed by atoms with van der Waals surface area (Å²) in [6, 6.07) is 0. The maximum absolute atomic E-state index is 10.8. The number of hydrogen-bond donors (Lipinski definition) is 1. The molecule has 0 spiro atoms. The van der Waals surface area contributed by atoms with Crippen LogP contribution in [-0.4, -0.2) is 30.9 Å². The van der Waals surface area contributed by atoms with Gasteiger partial charge in [-0.1, -0.05) is 59.8 Å². The van der Waals surface area contributed by atoms with Crippen LogP contribution >= 0.6 is 11.6 Å². The summed E-state index contributed by atoms with van der Waals surface area (Å²) in [4.78, 5) is 10.8. The fourth-order valence-corrected chi connectivity index (χ4v) is 9.75. The minimum Gasteiger partial charge on any atom is -0.480 e. The van der Waals surface area contributed by atoms with Crippen molar-refractivity contribution in [2.24, 2.45) is 0 Å². The van der Waals surface area contributed by atoms with Crippen LogP contribution in [0.15, 0.2) is 23.8 Å². The van der Waals surface area contributed by atoms with Gasteiger partial charge < -0.3 is 9.53 Å². The van der Waals surface area contributed by atoms with Crippen molar-refractivity contribution in [3.63, 3.8) is 0 Å². The van der Waals surface area contributed by atoms with E-state index in [9.17, 15) is 4.79 Å². The van der Waals surface area contributed by atoms with Crippen LogP contribution in [0.5, 0.6) is 0 Å². The maximum Gasteiger partial charge on any atom is 0.321 e. The highest BCUT2D eigenvalue weighted by Crippen LogP contribution is 2.44. The van der Waals surface area contributed by atoms with Crippen molar-refractivity contribution >= 4 is 25.9 Å². The van der Waals surface area contributed by atoms with Gasteiger partial charge in [0.25, 0.3) is 0 Å². The van der Waals surface area contributed by atoms with Crippen molar-refractivity contribution in [3.05, 3.63) is 23.8 Å². The summed E-state index contributed by atoms with van der Waals surface area (Å²) in [7, 11) is -1.91. The summed E-state index contributed by atoms with van der Waals surface area (Å²) in [6.07, 6.45) is 8.60. The first-order valence-corrected chi connectivity index (χ1v) is 11.6. The van der Waals surface area contributed by atoms with Crippen LogP contribution in [0, 0.1) is 0 Å². The van der Waals surface area contributed by atoms with Gasteiger partial charge in [0.05, 0.1) is 6.10 Å². The molecule has 1 rings (SSSR count). The van der Waals surface area contributed by atoms with Gasteiger partial charge in [0.2, 0.25) is 8.32 Å². The zero-order valence-electron chi connectivity index (χ0n) is 15.9. The van der Waals surface area contributed by atoms with Gasteiger partial charge in [-0.2, -0.15) is 0 Å². The monoisotopic (exact) mass is 372 g/mol. The second kappa shape index (κ2) is 9.21. The van der Waals surface area contributed by atoms with Crippen LogP contribution in [0.1, 0.15) is 60.8 Å². The van der Waals surface area contributed by atoms with Crippen LogP contribution in [0.2, 0.25) is 16.6 Å². The van der Waals surface area contributed by atoms with Gasteiger partial charge >= 0.3 is 5.97 Å². The van der Waals surface area contributed by atoms with E-state index in [1.807, 2.05) is 12.2 Å². The van der Waals surface area contributed by atoms with Crippen LogP contribution < -0.4 is 0 Å². The van der Waals surface area contributed by atoms with Crippen LogP contribution in [0.4, 0.5) is 0 Å². The molecule has 0 heterocycles. The molecule has 0 aromatic carbocycles. The van der Waals surface area contributed by atoms with E-state index in [-0.39, 0.29) is 6.10 Å². The lowest BCUT2D eigenvalue weighted by Gasteiger charge is -2.44. The van der Waals surface area contributed by atoms with Crippen molar-refractivity contribution in [3.8, 4) is 0 Å². The highest BCUT2D eigenvalue weighted by molar-refractivity contribution is 6.77. The van der Waals surface area contributed by atoms with Gasteiger partial charge in [-0.15, -0.1) is 11.6 Å². The largest absolute Gasteiger partial charge is 0.480 e. The SMILES string of the molecule is CC(C)[Si](O[C@@H]1CCC=C1/C=C\CC(Cl)C(=O)O)(C(C)C)C(C)C. The van der Waals surface area contributed by atoms with Crippen molar-refractivity contribution in [1.82, 2.24) is 0 Å². The Morgan fingerprint density at radius 2 is 1.83 bits per heavy atom. The number of carboxylic acid groups (broad SMARTS) is 1. The third-order valence-electron chi connectivity index (χ3n) is 5.16. The summed E-state index contributed by atoms with van der Waals surface area (Å²) in [5.41, 5.74) is 2.86. The Bertz CT molecular complexity index is 461. The molecule has 1 unspecified atom stereocenters. The van der Waals surface area contributed by atoms with E-state index in [4.69, 9.17) is 21.1 Å². The van der Waals surface area contributed by atoms with Gasteiger partial charge in [-0.3, -0.25) is 4.79 Å². The normalized spacial score (nSPS) is 20.4. The molecule has 2 atom stereocenters. The molecule has 3 nitrogen and oxygen atoms in total. The Kier molecular flexibility index (Phi) is 8.23. The van der Waals surface area contributed by atoms with Crippen LogP contribution in [0.3, 0.4) is 0 Å². The summed E-state index contributed by atoms with van der Waals surface area (Å²) in [6.45, 7) is 13.8. The highest BCUT2D eigenvalue weighted by atomic mass is 35.5. The standard InChI is InChI=1S/C19H33ClO3Si/c1-13(2)24(14(3)4,15(5)6)23-18-12-8-10-16(18)9-7-11-17(20)19(21)22/h7,9-10,13-15,17-18H,8,11-12H2,1-6H3,(H,21,22)/b9-7-/t17?,18-/m1/s1.